The number of ketones is 1. The van der Waals surface area contributed by atoms with Crippen LogP contribution in [0.15, 0.2) is 53.7 Å². The lowest BCUT2D eigenvalue weighted by molar-refractivity contribution is -0.119. The van der Waals surface area contributed by atoms with Crippen molar-refractivity contribution in [3.05, 3.63) is 64.9 Å². The molecule has 1 heterocycles. The van der Waals surface area contributed by atoms with Crippen LogP contribution in [0.5, 0.6) is 11.5 Å². The van der Waals surface area contributed by atoms with Gasteiger partial charge in [-0.05, 0) is 49.1 Å². The largest absolute Gasteiger partial charge is 0.504 e. The van der Waals surface area contributed by atoms with Gasteiger partial charge in [-0.25, -0.2) is 0 Å². The molecule has 0 fully saturated rings. The number of aryl methyl sites for hydroxylation is 1. The molecule has 1 aliphatic heterocycles. The minimum absolute atomic E-state index is 0.0141. The van der Waals surface area contributed by atoms with E-state index >= 15 is 0 Å². The van der Waals surface area contributed by atoms with E-state index in [4.69, 9.17) is 4.74 Å². The molecule has 28 heavy (non-hydrogen) atoms. The smallest absolute Gasteiger partial charge is 0.232 e. The molecule has 0 spiro atoms. The van der Waals surface area contributed by atoms with E-state index in [0.29, 0.717) is 18.6 Å². The molecule has 0 aromatic heterocycles. The van der Waals surface area contributed by atoms with Crippen LogP contribution < -0.4 is 9.64 Å². The Kier molecular flexibility index (Phi) is 4.67. The minimum atomic E-state index is -0.315. The third-order valence-corrected chi connectivity index (χ3v) is 5.64. The van der Waals surface area contributed by atoms with Gasteiger partial charge >= 0.3 is 0 Å². The Bertz CT molecular complexity index is 992. The van der Waals surface area contributed by atoms with Crippen LogP contribution in [-0.2, 0) is 9.59 Å². The lowest BCUT2D eigenvalue weighted by Gasteiger charge is -2.39. The molecule has 1 unspecified atom stereocenters. The summed E-state index contributed by atoms with van der Waals surface area (Å²) in [5, 5.41) is 9.91. The summed E-state index contributed by atoms with van der Waals surface area (Å²) < 4.78 is 5.23. The van der Waals surface area contributed by atoms with Gasteiger partial charge < -0.3 is 9.84 Å². The van der Waals surface area contributed by atoms with Crippen LogP contribution in [-0.4, -0.2) is 23.9 Å². The number of methoxy groups -OCH3 is 1. The van der Waals surface area contributed by atoms with Crippen molar-refractivity contribution in [1.82, 2.24) is 0 Å². The number of hydrogen-bond acceptors (Lipinski definition) is 4. The van der Waals surface area contributed by atoms with Gasteiger partial charge in [-0.2, -0.15) is 0 Å². The number of anilines is 1. The average Bonchev–Trinajstić information content (AvgIpc) is 2.69. The van der Waals surface area contributed by atoms with E-state index < -0.39 is 0 Å². The molecule has 2 aromatic rings. The maximum atomic E-state index is 13.2. The number of para-hydroxylation sites is 1. The van der Waals surface area contributed by atoms with Crippen molar-refractivity contribution in [2.45, 2.75) is 38.5 Å². The van der Waals surface area contributed by atoms with Gasteiger partial charge in [0.05, 0.1) is 12.8 Å². The number of allylic oxidation sites excluding steroid dienone is 2. The van der Waals surface area contributed by atoms with E-state index in [1.54, 1.807) is 23.1 Å². The number of phenols is 1. The van der Waals surface area contributed by atoms with Crippen molar-refractivity contribution in [1.29, 1.82) is 0 Å². The summed E-state index contributed by atoms with van der Waals surface area (Å²) in [5.41, 5.74) is 4.21. The molecule has 0 saturated heterocycles. The number of amides is 1. The summed E-state index contributed by atoms with van der Waals surface area (Å²) in [4.78, 5) is 27.9. The molecule has 144 valence electrons. The molecule has 4 rings (SSSR count). The van der Waals surface area contributed by atoms with Gasteiger partial charge in [0.25, 0.3) is 0 Å². The molecule has 2 aromatic carbocycles. The topological polar surface area (TPSA) is 66.8 Å². The first-order valence-corrected chi connectivity index (χ1v) is 9.53. The number of nitrogens with zero attached hydrogens (tertiary/aromatic N) is 1. The van der Waals surface area contributed by atoms with Crippen LogP contribution in [0.4, 0.5) is 5.69 Å². The highest BCUT2D eigenvalue weighted by Gasteiger charge is 2.40. The summed E-state index contributed by atoms with van der Waals surface area (Å²) in [5.74, 6) is 0.157. The second kappa shape index (κ2) is 7.15. The molecule has 2 aliphatic rings. The standard InChI is InChI=1S/C23H23NO4/c1-14-6-3-4-7-17(14)24-18-8-5-9-20(26)23(18)16(13-22(24)27)15-10-11-19(25)21(12-15)28-2/h3-4,6-7,10-12,16,25H,5,8-9,13H2,1-2H3. The summed E-state index contributed by atoms with van der Waals surface area (Å²) in [6.45, 7) is 1.98. The fraction of sp³-hybridized carbons (Fsp3) is 0.304. The number of carbonyl (C=O) groups is 2. The van der Waals surface area contributed by atoms with Crippen molar-refractivity contribution >= 4 is 17.4 Å². The number of ether oxygens (including phenoxy) is 1. The normalized spacial score (nSPS) is 19.6. The Balaban J connectivity index is 1.87. The van der Waals surface area contributed by atoms with E-state index in [0.717, 1.165) is 34.5 Å². The highest BCUT2D eigenvalue weighted by atomic mass is 16.5. The fourth-order valence-electron chi connectivity index (χ4n) is 4.28. The van der Waals surface area contributed by atoms with Crippen LogP contribution in [0.2, 0.25) is 0 Å². The van der Waals surface area contributed by atoms with E-state index in [1.807, 2.05) is 31.2 Å². The van der Waals surface area contributed by atoms with Crippen LogP contribution in [0.1, 0.15) is 42.7 Å². The number of aromatic hydroxyl groups is 1. The Labute approximate surface area is 164 Å². The number of Topliss-reactive ketones (excluding diaryl/α,β-unsaturated/α-hetero) is 1. The molecular weight excluding hydrogens is 354 g/mol. The molecular formula is C23H23NO4. The lowest BCUT2D eigenvalue weighted by Crippen LogP contribution is -2.40. The van der Waals surface area contributed by atoms with Crippen molar-refractivity contribution < 1.29 is 19.4 Å². The summed E-state index contributed by atoms with van der Waals surface area (Å²) in [6.07, 6.45) is 2.17. The zero-order valence-electron chi connectivity index (χ0n) is 16.1. The third kappa shape index (κ3) is 2.97. The van der Waals surface area contributed by atoms with Gasteiger partial charge in [0.2, 0.25) is 5.91 Å². The van der Waals surface area contributed by atoms with Gasteiger partial charge in [0.1, 0.15) is 0 Å². The molecule has 0 bridgehead atoms. The lowest BCUT2D eigenvalue weighted by atomic mass is 9.77. The van der Waals surface area contributed by atoms with Gasteiger partial charge in [-0.15, -0.1) is 0 Å². The van der Waals surface area contributed by atoms with Crippen molar-refractivity contribution in [3.63, 3.8) is 0 Å². The monoisotopic (exact) mass is 377 g/mol. The molecule has 5 heteroatoms. The SMILES string of the molecule is COc1cc(C2CC(=O)N(c3ccccc3C)C3=C2C(=O)CCC3)ccc1O. The predicted molar refractivity (Wildman–Crippen MR) is 107 cm³/mol. The number of benzene rings is 2. The zero-order chi connectivity index (χ0) is 19.8. The van der Waals surface area contributed by atoms with E-state index in [1.165, 1.54) is 7.11 Å². The maximum Gasteiger partial charge on any atom is 0.232 e. The molecule has 0 radical (unpaired) electrons. The number of rotatable bonds is 3. The predicted octanol–water partition coefficient (Wildman–Crippen LogP) is 4.24. The van der Waals surface area contributed by atoms with Gasteiger partial charge in [0.15, 0.2) is 17.3 Å². The van der Waals surface area contributed by atoms with Crippen LogP contribution in [0.25, 0.3) is 0 Å². The molecule has 1 atom stereocenters. The zero-order valence-corrected chi connectivity index (χ0v) is 16.1. The third-order valence-electron chi connectivity index (χ3n) is 5.64. The fourth-order valence-corrected chi connectivity index (χ4v) is 4.28. The van der Waals surface area contributed by atoms with Crippen LogP contribution in [0, 0.1) is 6.92 Å². The molecule has 1 amide bonds. The first-order chi connectivity index (χ1) is 13.5. The number of hydrogen-bond donors (Lipinski definition) is 1. The van der Waals surface area contributed by atoms with Crippen molar-refractivity contribution in [2.75, 3.05) is 12.0 Å². The highest BCUT2D eigenvalue weighted by Crippen LogP contribution is 2.45. The van der Waals surface area contributed by atoms with Crippen LogP contribution in [0.3, 0.4) is 0 Å². The van der Waals surface area contributed by atoms with E-state index in [2.05, 4.69) is 0 Å². The van der Waals surface area contributed by atoms with Gasteiger partial charge in [-0.1, -0.05) is 24.3 Å². The Morgan fingerprint density at radius 2 is 1.89 bits per heavy atom. The van der Waals surface area contributed by atoms with Crippen molar-refractivity contribution in [3.8, 4) is 11.5 Å². The Morgan fingerprint density at radius 3 is 2.64 bits per heavy atom. The quantitative estimate of drug-likeness (QED) is 0.869. The van der Waals surface area contributed by atoms with Crippen molar-refractivity contribution in [2.24, 2.45) is 0 Å². The molecule has 0 saturated carbocycles. The minimum Gasteiger partial charge on any atom is -0.504 e. The van der Waals surface area contributed by atoms with E-state index in [-0.39, 0.29) is 29.8 Å². The maximum absolute atomic E-state index is 13.2. The number of carbonyl (C=O) groups excluding carboxylic acids is 2. The Hall–Kier alpha value is -3.08. The summed E-state index contributed by atoms with van der Waals surface area (Å²) in [6, 6.07) is 12.8. The molecule has 1 N–H and O–H groups in total. The second-order valence-corrected chi connectivity index (χ2v) is 7.34. The highest BCUT2D eigenvalue weighted by molar-refractivity contribution is 6.07. The van der Waals surface area contributed by atoms with Gasteiger partial charge in [0, 0.05) is 30.0 Å². The average molecular weight is 377 g/mol. The van der Waals surface area contributed by atoms with Crippen LogP contribution >= 0.6 is 0 Å². The Morgan fingerprint density at radius 1 is 1.11 bits per heavy atom. The summed E-state index contributed by atoms with van der Waals surface area (Å²) in [7, 11) is 1.49. The second-order valence-electron chi connectivity index (χ2n) is 7.34. The van der Waals surface area contributed by atoms with E-state index in [9.17, 15) is 14.7 Å². The summed E-state index contributed by atoms with van der Waals surface area (Å²) >= 11 is 0. The molecule has 1 aliphatic carbocycles. The first-order valence-electron chi connectivity index (χ1n) is 9.53. The van der Waals surface area contributed by atoms with Gasteiger partial charge in [-0.3, -0.25) is 14.5 Å². The number of phenolic OH excluding ortho intramolecular Hbond substituents is 1. The molecule has 5 nitrogen and oxygen atoms in total. The first kappa shape index (κ1) is 18.3.